The number of piperazine rings is 1. The summed E-state index contributed by atoms with van der Waals surface area (Å²) in [6, 6.07) is 2.09. The monoisotopic (exact) mass is 277 g/mol. The van der Waals surface area contributed by atoms with Crippen LogP contribution in [0.25, 0.3) is 11.6 Å². The third-order valence-electron chi connectivity index (χ3n) is 3.69. The van der Waals surface area contributed by atoms with Crippen molar-refractivity contribution in [2.24, 2.45) is 0 Å². The van der Waals surface area contributed by atoms with Gasteiger partial charge in [-0.15, -0.1) is 0 Å². The largest absolute Gasteiger partial charge is 0.382 e. The zero-order chi connectivity index (χ0) is 14.1. The van der Waals surface area contributed by atoms with Crippen molar-refractivity contribution < 1.29 is 4.52 Å². The fourth-order valence-electron chi connectivity index (χ4n) is 2.43. The number of rotatable bonds is 3. The Labute approximate surface area is 116 Å². The minimum atomic E-state index is 0.408. The van der Waals surface area contributed by atoms with Crippen LogP contribution in [-0.4, -0.2) is 69.9 Å². The molecule has 8 heteroatoms. The van der Waals surface area contributed by atoms with Crippen molar-refractivity contribution in [2.45, 2.75) is 12.5 Å². The first kappa shape index (κ1) is 13.1. The first-order valence-corrected chi connectivity index (χ1v) is 6.64. The van der Waals surface area contributed by atoms with Gasteiger partial charge in [-0.05, 0) is 14.1 Å². The highest BCUT2D eigenvalue weighted by Gasteiger charge is 2.24. The third kappa shape index (κ3) is 2.66. The maximum Gasteiger partial charge on any atom is 0.276 e. The molecule has 0 radical (unpaired) electrons. The molecule has 2 aromatic heterocycles. The quantitative estimate of drug-likeness (QED) is 0.803. The average Bonchev–Trinajstić information content (AvgIpc) is 3.03. The van der Waals surface area contributed by atoms with Gasteiger partial charge >= 0.3 is 0 Å². The van der Waals surface area contributed by atoms with Crippen molar-refractivity contribution in [3.8, 4) is 11.6 Å². The molecule has 1 aliphatic rings. The van der Waals surface area contributed by atoms with E-state index in [4.69, 9.17) is 10.3 Å². The van der Waals surface area contributed by atoms with Crippen LogP contribution in [0, 0.1) is 0 Å². The number of hydrogen-bond acceptors (Lipinski definition) is 7. The van der Waals surface area contributed by atoms with Gasteiger partial charge in [-0.2, -0.15) is 10.1 Å². The van der Waals surface area contributed by atoms with Crippen LogP contribution in [0.15, 0.2) is 10.6 Å². The van der Waals surface area contributed by atoms with Gasteiger partial charge in [0.1, 0.15) is 11.5 Å². The zero-order valence-electron chi connectivity index (χ0n) is 11.7. The highest BCUT2D eigenvalue weighted by molar-refractivity contribution is 5.51. The van der Waals surface area contributed by atoms with Crippen molar-refractivity contribution in [3.05, 3.63) is 11.9 Å². The van der Waals surface area contributed by atoms with Gasteiger partial charge in [-0.25, -0.2) is 0 Å². The molecule has 0 amide bonds. The normalized spacial score (nSPS) is 21.4. The fourth-order valence-corrected chi connectivity index (χ4v) is 2.43. The Balaban J connectivity index is 1.70. The molecule has 3 N–H and O–H groups in total. The minimum Gasteiger partial charge on any atom is -0.382 e. The second kappa shape index (κ2) is 5.22. The summed E-state index contributed by atoms with van der Waals surface area (Å²) in [7, 11) is 4.27. The summed E-state index contributed by atoms with van der Waals surface area (Å²) in [6.45, 7) is 3.16. The molecule has 1 atom stereocenters. The number of nitrogens with zero attached hydrogens (tertiary/aromatic N) is 5. The molecule has 3 rings (SSSR count). The molecule has 0 spiro atoms. The number of aromatic nitrogens is 4. The first-order chi connectivity index (χ1) is 9.61. The Hall–Kier alpha value is -1.93. The standard InChI is InChI=1S/C12H19N7O/c1-18-3-4-19(2)8(7-18)5-11-14-12(20-17-11)9-6-10(13)16-15-9/h6,8H,3-5,7H2,1-2H3,(H3,13,15,16). The maximum atomic E-state index is 5.56. The van der Waals surface area contributed by atoms with E-state index < -0.39 is 0 Å². The Morgan fingerprint density at radius 1 is 1.45 bits per heavy atom. The molecular formula is C12H19N7O. The molecule has 3 heterocycles. The van der Waals surface area contributed by atoms with E-state index in [1.54, 1.807) is 6.07 Å². The Bertz CT molecular complexity index is 578. The van der Waals surface area contributed by atoms with Crippen molar-refractivity contribution >= 4 is 5.82 Å². The molecule has 0 aromatic carbocycles. The fraction of sp³-hybridized carbons (Fsp3) is 0.583. The summed E-state index contributed by atoms with van der Waals surface area (Å²) in [5.74, 6) is 1.55. The Morgan fingerprint density at radius 3 is 3.05 bits per heavy atom. The minimum absolute atomic E-state index is 0.408. The summed E-state index contributed by atoms with van der Waals surface area (Å²) in [4.78, 5) is 9.06. The third-order valence-corrected chi connectivity index (χ3v) is 3.69. The van der Waals surface area contributed by atoms with Gasteiger partial charge in [0.15, 0.2) is 5.82 Å². The Morgan fingerprint density at radius 2 is 2.30 bits per heavy atom. The van der Waals surface area contributed by atoms with Crippen LogP contribution in [0.4, 0.5) is 5.82 Å². The second-order valence-corrected chi connectivity index (χ2v) is 5.32. The van der Waals surface area contributed by atoms with E-state index in [1.165, 1.54) is 0 Å². The lowest BCUT2D eigenvalue weighted by molar-refractivity contribution is 0.113. The number of likely N-dealkylation sites (N-methyl/N-ethyl adjacent to an activating group) is 2. The van der Waals surface area contributed by atoms with Crippen molar-refractivity contribution in [3.63, 3.8) is 0 Å². The number of H-pyrrole nitrogens is 1. The van der Waals surface area contributed by atoms with Gasteiger partial charge in [0.25, 0.3) is 5.89 Å². The van der Waals surface area contributed by atoms with Gasteiger partial charge in [0.05, 0.1) is 0 Å². The van der Waals surface area contributed by atoms with E-state index in [-0.39, 0.29) is 0 Å². The van der Waals surface area contributed by atoms with E-state index in [9.17, 15) is 0 Å². The van der Waals surface area contributed by atoms with Crippen LogP contribution in [0.5, 0.6) is 0 Å². The van der Waals surface area contributed by atoms with Crippen LogP contribution >= 0.6 is 0 Å². The number of nitrogen functional groups attached to an aromatic ring is 1. The number of nitrogens with two attached hydrogens (primary N) is 1. The molecule has 1 fully saturated rings. The SMILES string of the molecule is CN1CCN(C)C(Cc2noc(-c3cc(N)n[nH]3)n2)C1. The van der Waals surface area contributed by atoms with Gasteiger partial charge in [0, 0.05) is 38.2 Å². The molecule has 20 heavy (non-hydrogen) atoms. The topological polar surface area (TPSA) is 100 Å². The summed E-state index contributed by atoms with van der Waals surface area (Å²) in [5.41, 5.74) is 6.21. The van der Waals surface area contributed by atoms with Crippen LogP contribution < -0.4 is 5.73 Å². The molecule has 2 aromatic rings. The summed E-state index contributed by atoms with van der Waals surface area (Å²) in [6.07, 6.45) is 0.772. The highest BCUT2D eigenvalue weighted by Crippen LogP contribution is 2.17. The molecule has 1 unspecified atom stereocenters. The maximum absolute atomic E-state index is 5.56. The molecule has 0 bridgehead atoms. The van der Waals surface area contributed by atoms with E-state index in [0.717, 1.165) is 26.1 Å². The highest BCUT2D eigenvalue weighted by atomic mass is 16.5. The number of hydrogen-bond donors (Lipinski definition) is 2. The summed E-state index contributed by atoms with van der Waals surface area (Å²) >= 11 is 0. The van der Waals surface area contributed by atoms with Crippen molar-refractivity contribution in [1.29, 1.82) is 0 Å². The molecule has 1 saturated heterocycles. The lowest BCUT2D eigenvalue weighted by atomic mass is 10.1. The zero-order valence-corrected chi connectivity index (χ0v) is 11.7. The van der Waals surface area contributed by atoms with Gasteiger partial charge in [0.2, 0.25) is 0 Å². The Kier molecular flexibility index (Phi) is 3.41. The van der Waals surface area contributed by atoms with E-state index in [1.807, 2.05) is 0 Å². The number of nitrogens with one attached hydrogen (secondary N) is 1. The van der Waals surface area contributed by atoms with E-state index >= 15 is 0 Å². The van der Waals surface area contributed by atoms with Crippen LogP contribution in [-0.2, 0) is 6.42 Å². The lowest BCUT2D eigenvalue weighted by Gasteiger charge is -2.37. The first-order valence-electron chi connectivity index (χ1n) is 6.64. The van der Waals surface area contributed by atoms with E-state index in [2.05, 4.69) is 44.2 Å². The van der Waals surface area contributed by atoms with Gasteiger partial charge in [-0.1, -0.05) is 5.16 Å². The van der Waals surface area contributed by atoms with Crippen LogP contribution in [0.1, 0.15) is 5.82 Å². The molecule has 0 aliphatic carbocycles. The second-order valence-electron chi connectivity index (χ2n) is 5.32. The van der Waals surface area contributed by atoms with Gasteiger partial charge in [-0.3, -0.25) is 5.10 Å². The van der Waals surface area contributed by atoms with Crippen LogP contribution in [0.2, 0.25) is 0 Å². The smallest absolute Gasteiger partial charge is 0.276 e. The van der Waals surface area contributed by atoms with Gasteiger partial charge < -0.3 is 20.1 Å². The van der Waals surface area contributed by atoms with E-state index in [0.29, 0.717) is 29.3 Å². The molecule has 0 saturated carbocycles. The summed E-state index contributed by atoms with van der Waals surface area (Å²) in [5, 5.41) is 10.7. The van der Waals surface area contributed by atoms with Crippen molar-refractivity contribution in [1.82, 2.24) is 30.1 Å². The predicted octanol–water partition coefficient (Wildman–Crippen LogP) is -0.170. The lowest BCUT2D eigenvalue weighted by Crippen LogP contribution is -2.50. The van der Waals surface area contributed by atoms with Crippen molar-refractivity contribution in [2.75, 3.05) is 39.5 Å². The molecule has 1 aliphatic heterocycles. The number of aromatic amines is 1. The molecule has 108 valence electrons. The molecular weight excluding hydrogens is 258 g/mol. The average molecular weight is 277 g/mol. The van der Waals surface area contributed by atoms with Crippen LogP contribution in [0.3, 0.4) is 0 Å². The molecule has 8 nitrogen and oxygen atoms in total. The predicted molar refractivity (Wildman–Crippen MR) is 73.9 cm³/mol. The number of anilines is 1. The summed E-state index contributed by atoms with van der Waals surface area (Å²) < 4.78 is 5.25.